The molecule has 2 heterocycles. The Bertz CT molecular complexity index is 1040. The quantitative estimate of drug-likeness (QED) is 0.712. The lowest BCUT2D eigenvalue weighted by Gasteiger charge is -2.28. The van der Waals surface area contributed by atoms with Crippen LogP contribution in [0, 0.1) is 6.92 Å². The van der Waals surface area contributed by atoms with E-state index in [0.29, 0.717) is 23.5 Å². The maximum Gasteiger partial charge on any atom is 0.326 e. The van der Waals surface area contributed by atoms with Crippen LogP contribution in [0.4, 0.5) is 0 Å². The highest BCUT2D eigenvalue weighted by Gasteiger charge is 2.28. The predicted octanol–water partition coefficient (Wildman–Crippen LogP) is 2.73. The minimum absolute atomic E-state index is 0.133. The maximum absolute atomic E-state index is 12.7. The number of carboxylic acids is 1. The van der Waals surface area contributed by atoms with Gasteiger partial charge in [0.25, 0.3) is 5.91 Å². The fraction of sp³-hybridized carbons (Fsp3) is 0.333. The molecule has 0 fully saturated rings. The summed E-state index contributed by atoms with van der Waals surface area (Å²) in [4.78, 5) is 24.5. The van der Waals surface area contributed by atoms with Gasteiger partial charge in [-0.2, -0.15) is 0 Å². The standard InChI is InChI=1S/C21H22N4O3/c1-13-23-24-19-10-9-16(12-25(13)19)20(26)22-18(21(27)28)11-15-7-4-6-14-5-2-3-8-17(14)15/h2-3,5,8-10,12,15,18H,4,6-7,11H2,1H3,(H,22,26)(H,27,28). The molecule has 1 aliphatic carbocycles. The summed E-state index contributed by atoms with van der Waals surface area (Å²) < 4.78 is 1.71. The van der Waals surface area contributed by atoms with Crippen LogP contribution < -0.4 is 5.32 Å². The van der Waals surface area contributed by atoms with E-state index in [4.69, 9.17) is 0 Å². The third kappa shape index (κ3) is 3.47. The van der Waals surface area contributed by atoms with E-state index in [0.717, 1.165) is 19.3 Å². The van der Waals surface area contributed by atoms with E-state index in [-0.39, 0.29) is 5.92 Å². The molecular formula is C21H22N4O3. The Labute approximate surface area is 162 Å². The highest BCUT2D eigenvalue weighted by Crippen LogP contribution is 2.34. The summed E-state index contributed by atoms with van der Waals surface area (Å²) in [6.45, 7) is 1.79. The van der Waals surface area contributed by atoms with Gasteiger partial charge >= 0.3 is 5.97 Å². The molecule has 0 bridgehead atoms. The van der Waals surface area contributed by atoms with E-state index in [1.165, 1.54) is 11.1 Å². The minimum Gasteiger partial charge on any atom is -0.480 e. The smallest absolute Gasteiger partial charge is 0.326 e. The zero-order chi connectivity index (χ0) is 19.7. The van der Waals surface area contributed by atoms with Gasteiger partial charge in [-0.15, -0.1) is 10.2 Å². The Hall–Kier alpha value is -3.22. The van der Waals surface area contributed by atoms with E-state index in [1.807, 2.05) is 12.1 Å². The van der Waals surface area contributed by atoms with Gasteiger partial charge in [0, 0.05) is 6.20 Å². The lowest BCUT2D eigenvalue weighted by Crippen LogP contribution is -2.42. The number of aromatic nitrogens is 3. The molecule has 144 valence electrons. The molecule has 0 radical (unpaired) electrons. The van der Waals surface area contributed by atoms with Gasteiger partial charge in [-0.25, -0.2) is 4.79 Å². The first kappa shape index (κ1) is 18.2. The van der Waals surface area contributed by atoms with Gasteiger partial charge in [0.15, 0.2) is 5.65 Å². The molecule has 2 atom stereocenters. The normalized spacial score (nSPS) is 17.1. The first-order valence-electron chi connectivity index (χ1n) is 9.46. The molecule has 2 unspecified atom stereocenters. The summed E-state index contributed by atoms with van der Waals surface area (Å²) in [5.41, 5.74) is 3.51. The topological polar surface area (TPSA) is 96.6 Å². The number of hydrogen-bond donors (Lipinski definition) is 2. The average Bonchev–Trinajstić information content (AvgIpc) is 3.08. The van der Waals surface area contributed by atoms with E-state index in [2.05, 4.69) is 27.6 Å². The average molecular weight is 378 g/mol. The fourth-order valence-electron chi connectivity index (χ4n) is 3.99. The van der Waals surface area contributed by atoms with Crippen LogP contribution in [0.3, 0.4) is 0 Å². The van der Waals surface area contributed by atoms with Crippen molar-refractivity contribution >= 4 is 17.5 Å². The summed E-state index contributed by atoms with van der Waals surface area (Å²) in [6, 6.07) is 10.6. The first-order chi connectivity index (χ1) is 13.5. The van der Waals surface area contributed by atoms with E-state index in [9.17, 15) is 14.7 Å². The monoisotopic (exact) mass is 378 g/mol. The van der Waals surface area contributed by atoms with Crippen molar-refractivity contribution in [3.63, 3.8) is 0 Å². The summed E-state index contributed by atoms with van der Waals surface area (Å²) >= 11 is 0. The summed E-state index contributed by atoms with van der Waals surface area (Å²) in [5, 5.41) is 20.4. The highest BCUT2D eigenvalue weighted by molar-refractivity contribution is 5.96. The molecule has 0 saturated heterocycles. The van der Waals surface area contributed by atoms with Gasteiger partial charge < -0.3 is 10.4 Å². The lowest BCUT2D eigenvalue weighted by molar-refractivity contribution is -0.139. The Balaban J connectivity index is 1.53. The van der Waals surface area contributed by atoms with Crippen LogP contribution in [0.5, 0.6) is 0 Å². The number of pyridine rings is 1. The van der Waals surface area contributed by atoms with E-state index in [1.54, 1.807) is 29.7 Å². The second kappa shape index (κ2) is 7.42. The molecule has 2 aromatic heterocycles. The predicted molar refractivity (Wildman–Crippen MR) is 103 cm³/mol. The number of rotatable bonds is 5. The van der Waals surface area contributed by atoms with Crippen molar-refractivity contribution in [1.29, 1.82) is 0 Å². The molecular weight excluding hydrogens is 356 g/mol. The first-order valence-corrected chi connectivity index (χ1v) is 9.46. The molecule has 2 N–H and O–H groups in total. The van der Waals surface area contributed by atoms with Crippen LogP contribution in [0.15, 0.2) is 42.6 Å². The van der Waals surface area contributed by atoms with Gasteiger partial charge in [0.05, 0.1) is 5.56 Å². The number of nitrogens with zero attached hydrogens (tertiary/aromatic N) is 3. The lowest BCUT2D eigenvalue weighted by atomic mass is 9.79. The van der Waals surface area contributed by atoms with Crippen molar-refractivity contribution in [3.05, 3.63) is 65.1 Å². The summed E-state index contributed by atoms with van der Waals surface area (Å²) in [7, 11) is 0. The molecule has 7 heteroatoms. The van der Waals surface area contributed by atoms with Crippen molar-refractivity contribution in [2.75, 3.05) is 0 Å². The second-order valence-electron chi connectivity index (χ2n) is 7.28. The number of hydrogen-bond acceptors (Lipinski definition) is 4. The number of carbonyl (C=O) groups excluding carboxylic acids is 1. The van der Waals surface area contributed by atoms with Crippen LogP contribution in [-0.4, -0.2) is 37.6 Å². The van der Waals surface area contributed by atoms with Crippen molar-refractivity contribution < 1.29 is 14.7 Å². The highest BCUT2D eigenvalue weighted by atomic mass is 16.4. The van der Waals surface area contributed by atoms with Crippen molar-refractivity contribution in [1.82, 2.24) is 19.9 Å². The number of nitrogens with one attached hydrogen (secondary N) is 1. The number of benzene rings is 1. The molecule has 0 spiro atoms. The van der Waals surface area contributed by atoms with Crippen LogP contribution in [-0.2, 0) is 11.2 Å². The maximum atomic E-state index is 12.7. The third-order valence-electron chi connectivity index (χ3n) is 5.45. The molecule has 1 aromatic carbocycles. The number of fused-ring (bicyclic) bond motifs is 2. The number of carbonyl (C=O) groups is 2. The van der Waals surface area contributed by atoms with Crippen molar-refractivity contribution in [2.24, 2.45) is 0 Å². The van der Waals surface area contributed by atoms with E-state index >= 15 is 0 Å². The van der Waals surface area contributed by atoms with Crippen LogP contribution in [0.1, 0.15) is 52.5 Å². The molecule has 3 aromatic rings. The molecule has 7 nitrogen and oxygen atoms in total. The number of aliphatic carboxylic acids is 1. The van der Waals surface area contributed by atoms with Crippen molar-refractivity contribution in [3.8, 4) is 0 Å². The zero-order valence-electron chi connectivity index (χ0n) is 15.6. The van der Waals surface area contributed by atoms with Crippen LogP contribution in [0.2, 0.25) is 0 Å². The van der Waals surface area contributed by atoms with Crippen LogP contribution >= 0.6 is 0 Å². The molecule has 4 rings (SSSR count). The number of amides is 1. The Morgan fingerprint density at radius 2 is 2.07 bits per heavy atom. The molecule has 28 heavy (non-hydrogen) atoms. The minimum atomic E-state index is -1.02. The van der Waals surface area contributed by atoms with Gasteiger partial charge in [-0.3, -0.25) is 9.20 Å². The number of carboxylic acid groups (broad SMARTS) is 1. The number of aryl methyl sites for hydroxylation is 2. The van der Waals surface area contributed by atoms with Gasteiger partial charge in [-0.1, -0.05) is 24.3 Å². The Morgan fingerprint density at radius 1 is 1.25 bits per heavy atom. The van der Waals surface area contributed by atoms with E-state index < -0.39 is 17.9 Å². The molecule has 1 aliphatic rings. The van der Waals surface area contributed by atoms with Gasteiger partial charge in [0.2, 0.25) is 0 Å². The SMILES string of the molecule is Cc1nnc2ccc(C(=O)NC(CC3CCCc4ccccc43)C(=O)O)cn12. The molecule has 0 aliphatic heterocycles. The second-order valence-corrected chi connectivity index (χ2v) is 7.28. The molecule has 1 amide bonds. The van der Waals surface area contributed by atoms with Gasteiger partial charge in [0.1, 0.15) is 11.9 Å². The van der Waals surface area contributed by atoms with Gasteiger partial charge in [-0.05, 0) is 61.8 Å². The third-order valence-corrected chi connectivity index (χ3v) is 5.45. The largest absolute Gasteiger partial charge is 0.480 e. The zero-order valence-corrected chi connectivity index (χ0v) is 15.6. The Kier molecular flexibility index (Phi) is 4.81. The van der Waals surface area contributed by atoms with Crippen LogP contribution in [0.25, 0.3) is 5.65 Å². The fourth-order valence-corrected chi connectivity index (χ4v) is 3.99. The molecule has 0 saturated carbocycles. The summed E-state index contributed by atoms with van der Waals surface area (Å²) in [5.74, 6) is -0.628. The Morgan fingerprint density at radius 3 is 2.89 bits per heavy atom. The van der Waals surface area contributed by atoms with Crippen molar-refractivity contribution in [2.45, 2.75) is 44.6 Å². The summed E-state index contributed by atoms with van der Waals surface area (Å²) in [6.07, 6.45) is 5.00.